The lowest BCUT2D eigenvalue weighted by atomic mass is 10.2. The zero-order valence-corrected chi connectivity index (χ0v) is 24.7. The number of nitro groups is 1. The first-order valence-corrected chi connectivity index (χ1v) is 15.1. The summed E-state index contributed by atoms with van der Waals surface area (Å²) in [6, 6.07) is 19.3. The van der Waals surface area contributed by atoms with Crippen LogP contribution in [0, 0.1) is 10.1 Å². The average molecular weight is 622 g/mol. The number of fused-ring (bicyclic) bond motifs is 1. The fourth-order valence-corrected chi connectivity index (χ4v) is 6.48. The van der Waals surface area contributed by atoms with Crippen molar-refractivity contribution in [3.63, 3.8) is 0 Å². The van der Waals surface area contributed by atoms with Crippen LogP contribution >= 0.6 is 34.9 Å². The van der Waals surface area contributed by atoms with Gasteiger partial charge in [-0.3, -0.25) is 19.7 Å². The molecule has 5 rings (SSSR count). The first kappa shape index (κ1) is 29.0. The third-order valence-corrected chi connectivity index (χ3v) is 9.04. The molecule has 2 aromatic heterocycles. The molecule has 0 saturated heterocycles. The van der Waals surface area contributed by atoms with Crippen LogP contribution in [0.5, 0.6) is 5.75 Å². The molecule has 0 unspecified atom stereocenters. The summed E-state index contributed by atoms with van der Waals surface area (Å²) >= 11 is 3.89. The normalized spacial score (nSPS) is 10.9. The Balaban J connectivity index is 1.15. The summed E-state index contributed by atoms with van der Waals surface area (Å²) < 4.78 is 8.37. The number of amides is 2. The smallest absolute Gasteiger partial charge is 0.296 e. The number of thiazole rings is 1. The summed E-state index contributed by atoms with van der Waals surface area (Å²) in [6.45, 7) is 0. The van der Waals surface area contributed by atoms with Crippen LogP contribution in [0.4, 0.5) is 17.1 Å². The zero-order valence-electron chi connectivity index (χ0n) is 22.3. The van der Waals surface area contributed by atoms with E-state index in [1.807, 2.05) is 48.0 Å². The Morgan fingerprint density at radius 3 is 2.52 bits per heavy atom. The van der Waals surface area contributed by atoms with Gasteiger partial charge >= 0.3 is 0 Å². The number of nitrogens with zero attached hydrogens (tertiary/aromatic N) is 5. The maximum atomic E-state index is 12.6. The van der Waals surface area contributed by atoms with Crippen molar-refractivity contribution in [3.05, 3.63) is 76.8 Å². The minimum absolute atomic E-state index is 0.0118. The maximum absolute atomic E-state index is 12.6. The van der Waals surface area contributed by atoms with E-state index in [1.165, 1.54) is 60.2 Å². The first-order valence-electron chi connectivity index (χ1n) is 12.3. The fourth-order valence-electron chi connectivity index (χ4n) is 3.86. The van der Waals surface area contributed by atoms with Crippen molar-refractivity contribution in [2.45, 2.75) is 9.50 Å². The van der Waals surface area contributed by atoms with E-state index in [9.17, 15) is 19.7 Å². The summed E-state index contributed by atoms with van der Waals surface area (Å²) in [5, 5.41) is 25.9. The number of hydrogen-bond acceptors (Lipinski definition) is 11. The van der Waals surface area contributed by atoms with Crippen molar-refractivity contribution in [1.29, 1.82) is 0 Å². The number of nitrogens with one attached hydrogen (secondary N) is 2. The Labute approximate surface area is 252 Å². The van der Waals surface area contributed by atoms with Crippen LogP contribution in [0.2, 0.25) is 0 Å². The molecule has 0 aliphatic heterocycles. The van der Waals surface area contributed by atoms with Crippen LogP contribution in [0.1, 0.15) is 0 Å². The van der Waals surface area contributed by atoms with Crippen molar-refractivity contribution < 1.29 is 19.2 Å². The second kappa shape index (κ2) is 13.0. The van der Waals surface area contributed by atoms with Gasteiger partial charge in [-0.15, -0.1) is 21.5 Å². The summed E-state index contributed by atoms with van der Waals surface area (Å²) in [7, 11) is 3.27. The molecule has 3 aromatic carbocycles. The highest BCUT2D eigenvalue weighted by Crippen LogP contribution is 2.33. The lowest BCUT2D eigenvalue weighted by Crippen LogP contribution is -2.15. The van der Waals surface area contributed by atoms with Gasteiger partial charge in [0.15, 0.2) is 15.3 Å². The van der Waals surface area contributed by atoms with Crippen LogP contribution < -0.4 is 15.4 Å². The Kier molecular flexibility index (Phi) is 9.00. The molecule has 2 heterocycles. The summed E-state index contributed by atoms with van der Waals surface area (Å²) in [5.41, 5.74) is 2.13. The van der Waals surface area contributed by atoms with Crippen molar-refractivity contribution in [2.24, 2.45) is 7.05 Å². The molecular formula is C27H23N7O5S3. The molecule has 0 radical (unpaired) electrons. The van der Waals surface area contributed by atoms with Gasteiger partial charge in [0.1, 0.15) is 11.4 Å². The second-order valence-corrected chi connectivity index (χ2v) is 11.9. The molecule has 0 bridgehead atoms. The number of nitro benzene ring substituents is 1. The molecule has 5 aromatic rings. The minimum atomic E-state index is -0.578. The fraction of sp³-hybridized carbons (Fsp3) is 0.148. The number of methoxy groups -OCH3 is 1. The molecular weight excluding hydrogens is 599 g/mol. The van der Waals surface area contributed by atoms with Gasteiger partial charge in [0, 0.05) is 18.3 Å². The largest absolute Gasteiger partial charge is 0.496 e. The number of anilines is 2. The van der Waals surface area contributed by atoms with Gasteiger partial charge < -0.3 is 19.9 Å². The number of aromatic nitrogens is 4. The van der Waals surface area contributed by atoms with Gasteiger partial charge in [0.2, 0.25) is 11.8 Å². The van der Waals surface area contributed by atoms with Crippen molar-refractivity contribution >= 4 is 74.0 Å². The van der Waals surface area contributed by atoms with E-state index in [1.54, 1.807) is 12.1 Å². The summed E-state index contributed by atoms with van der Waals surface area (Å²) in [6.07, 6.45) is 0. The third kappa shape index (κ3) is 6.87. The lowest BCUT2D eigenvalue weighted by molar-refractivity contribution is -0.384. The molecule has 15 heteroatoms. The Bertz CT molecular complexity index is 1770. The Morgan fingerprint density at radius 1 is 1.00 bits per heavy atom. The molecule has 0 saturated carbocycles. The Morgan fingerprint density at radius 2 is 1.76 bits per heavy atom. The third-order valence-electron chi connectivity index (χ3n) is 5.85. The quantitative estimate of drug-likeness (QED) is 0.110. The first-order chi connectivity index (χ1) is 20.3. The highest BCUT2D eigenvalue weighted by molar-refractivity contribution is 8.01. The molecule has 12 nitrogen and oxygen atoms in total. The molecule has 0 spiro atoms. The van der Waals surface area contributed by atoms with E-state index >= 15 is 0 Å². The standard InChI is InChI=1S/C27H23N7O5S3/c1-33-25(16-6-4-3-5-7-16)31-32-26(33)40-14-23(35)28-17-8-10-20-22(12-17)42-27(30-20)41-15-24(36)29-19-11-9-18(39-2)13-21(19)34(37)38/h3-13H,14-15H2,1-2H3,(H,28,35)(H,29,36). The van der Waals surface area contributed by atoms with E-state index < -0.39 is 10.8 Å². The zero-order chi connectivity index (χ0) is 29.6. The van der Waals surface area contributed by atoms with Crippen LogP contribution in [0.25, 0.3) is 21.6 Å². The number of thioether (sulfide) groups is 2. The summed E-state index contributed by atoms with van der Waals surface area (Å²) in [5.74, 6) is 0.619. The van der Waals surface area contributed by atoms with E-state index in [0.717, 1.165) is 21.6 Å². The van der Waals surface area contributed by atoms with Crippen molar-refractivity contribution in [2.75, 3.05) is 29.2 Å². The topological polar surface area (TPSA) is 154 Å². The van der Waals surface area contributed by atoms with Crippen LogP contribution in [0.3, 0.4) is 0 Å². The van der Waals surface area contributed by atoms with Crippen molar-refractivity contribution in [3.8, 4) is 17.1 Å². The average Bonchev–Trinajstić information content (AvgIpc) is 3.57. The molecule has 214 valence electrons. The highest BCUT2D eigenvalue weighted by atomic mass is 32.2. The number of ether oxygens (including phenoxy) is 1. The Hall–Kier alpha value is -4.47. The molecule has 0 atom stereocenters. The number of carbonyl (C=O) groups is 2. The van der Waals surface area contributed by atoms with Gasteiger partial charge in [-0.05, 0) is 30.3 Å². The van der Waals surface area contributed by atoms with E-state index in [0.29, 0.717) is 20.9 Å². The van der Waals surface area contributed by atoms with Gasteiger partial charge in [0.25, 0.3) is 5.69 Å². The van der Waals surface area contributed by atoms with Crippen molar-refractivity contribution in [1.82, 2.24) is 19.7 Å². The van der Waals surface area contributed by atoms with Crippen LogP contribution in [-0.4, -0.2) is 55.1 Å². The lowest BCUT2D eigenvalue weighted by Gasteiger charge is -2.07. The predicted octanol–water partition coefficient (Wildman–Crippen LogP) is 5.47. The van der Waals surface area contributed by atoms with E-state index in [4.69, 9.17) is 4.74 Å². The van der Waals surface area contributed by atoms with Crippen LogP contribution in [-0.2, 0) is 16.6 Å². The van der Waals surface area contributed by atoms with Gasteiger partial charge in [-0.2, -0.15) is 0 Å². The maximum Gasteiger partial charge on any atom is 0.296 e. The van der Waals surface area contributed by atoms with Gasteiger partial charge in [-0.1, -0.05) is 53.9 Å². The molecule has 2 amide bonds. The number of rotatable bonds is 11. The second-order valence-electron chi connectivity index (χ2n) is 8.71. The predicted molar refractivity (Wildman–Crippen MR) is 164 cm³/mol. The van der Waals surface area contributed by atoms with Gasteiger partial charge in [-0.25, -0.2) is 4.98 Å². The van der Waals surface area contributed by atoms with Crippen LogP contribution in [0.15, 0.2) is 76.2 Å². The summed E-state index contributed by atoms with van der Waals surface area (Å²) in [4.78, 5) is 40.5. The molecule has 0 aliphatic carbocycles. The number of benzene rings is 3. The highest BCUT2D eigenvalue weighted by Gasteiger charge is 2.18. The SMILES string of the molecule is COc1ccc(NC(=O)CSc2nc3ccc(NC(=O)CSc4nnc(-c5ccccc5)n4C)cc3s2)c([N+](=O)[O-])c1. The number of hydrogen-bond donors (Lipinski definition) is 2. The molecule has 42 heavy (non-hydrogen) atoms. The molecule has 2 N–H and O–H groups in total. The monoisotopic (exact) mass is 621 g/mol. The van der Waals surface area contributed by atoms with Gasteiger partial charge in [0.05, 0.1) is 39.8 Å². The number of carbonyl (C=O) groups excluding carboxylic acids is 2. The minimum Gasteiger partial charge on any atom is -0.496 e. The van der Waals surface area contributed by atoms with E-state index in [-0.39, 0.29) is 28.8 Å². The molecule has 0 aliphatic rings. The molecule has 0 fully saturated rings. The van der Waals surface area contributed by atoms with E-state index in [2.05, 4.69) is 25.8 Å².